The van der Waals surface area contributed by atoms with E-state index >= 15 is 0 Å². The maximum absolute atomic E-state index is 5.94. The first-order chi connectivity index (χ1) is 8.47. The molecule has 5 nitrogen and oxygen atoms in total. The van der Waals surface area contributed by atoms with Gasteiger partial charge in [0, 0.05) is 31.7 Å². The van der Waals surface area contributed by atoms with Crippen molar-refractivity contribution in [3.8, 4) is 0 Å². The first-order valence-corrected chi connectivity index (χ1v) is 6.40. The average molecular weight is 252 g/mol. The second-order valence-corrected chi connectivity index (χ2v) is 4.69. The van der Waals surface area contributed by atoms with E-state index in [1.165, 1.54) is 0 Å². The van der Waals surface area contributed by atoms with Crippen LogP contribution in [0.5, 0.6) is 0 Å². The second-order valence-electron chi connectivity index (χ2n) is 4.69. The number of nitrogen functional groups attached to an aromatic ring is 1. The van der Waals surface area contributed by atoms with Gasteiger partial charge in [-0.1, -0.05) is 13.8 Å². The lowest BCUT2D eigenvalue weighted by Crippen LogP contribution is -2.25. The highest BCUT2D eigenvalue weighted by Crippen LogP contribution is 2.23. The molecule has 0 aliphatic heterocycles. The van der Waals surface area contributed by atoms with E-state index in [0.29, 0.717) is 12.4 Å². The van der Waals surface area contributed by atoms with Crippen molar-refractivity contribution in [3.63, 3.8) is 0 Å². The molecule has 0 aliphatic carbocycles. The maximum Gasteiger partial charge on any atom is 0.137 e. The SMILES string of the molecule is CCOCCN(C)c1nc(C(C)C)nc(N)c1C. The van der Waals surface area contributed by atoms with E-state index in [2.05, 4.69) is 28.7 Å². The number of likely N-dealkylation sites (N-methyl/N-ethyl adjacent to an activating group) is 1. The highest BCUT2D eigenvalue weighted by Gasteiger charge is 2.14. The third kappa shape index (κ3) is 3.57. The van der Waals surface area contributed by atoms with E-state index in [1.807, 2.05) is 20.9 Å². The number of rotatable bonds is 6. The number of hydrogen-bond acceptors (Lipinski definition) is 5. The molecule has 0 spiro atoms. The molecule has 102 valence electrons. The topological polar surface area (TPSA) is 64.3 Å². The van der Waals surface area contributed by atoms with Crippen molar-refractivity contribution in [3.05, 3.63) is 11.4 Å². The minimum Gasteiger partial charge on any atom is -0.383 e. The van der Waals surface area contributed by atoms with Gasteiger partial charge in [-0.2, -0.15) is 0 Å². The van der Waals surface area contributed by atoms with Gasteiger partial charge >= 0.3 is 0 Å². The Morgan fingerprint density at radius 3 is 2.56 bits per heavy atom. The maximum atomic E-state index is 5.94. The van der Waals surface area contributed by atoms with Crippen molar-refractivity contribution in [1.82, 2.24) is 9.97 Å². The van der Waals surface area contributed by atoms with E-state index < -0.39 is 0 Å². The third-order valence-corrected chi connectivity index (χ3v) is 2.83. The van der Waals surface area contributed by atoms with Crippen LogP contribution in [-0.2, 0) is 4.74 Å². The largest absolute Gasteiger partial charge is 0.383 e. The first-order valence-electron chi connectivity index (χ1n) is 6.40. The Morgan fingerprint density at radius 2 is 2.00 bits per heavy atom. The molecule has 1 aromatic heterocycles. The van der Waals surface area contributed by atoms with Gasteiger partial charge in [-0.05, 0) is 13.8 Å². The monoisotopic (exact) mass is 252 g/mol. The van der Waals surface area contributed by atoms with E-state index in [1.54, 1.807) is 0 Å². The standard InChI is InChI=1S/C13H24N4O/c1-6-18-8-7-17(5)13-10(4)11(14)15-12(16-13)9(2)3/h9H,6-8H2,1-5H3,(H2,14,15,16). The van der Waals surface area contributed by atoms with Gasteiger partial charge in [0.25, 0.3) is 0 Å². The van der Waals surface area contributed by atoms with Gasteiger partial charge in [-0.25, -0.2) is 9.97 Å². The molecule has 1 rings (SSSR count). The van der Waals surface area contributed by atoms with Crippen molar-refractivity contribution in [1.29, 1.82) is 0 Å². The van der Waals surface area contributed by atoms with Gasteiger partial charge in [0.1, 0.15) is 17.5 Å². The Balaban J connectivity index is 2.92. The number of ether oxygens (including phenoxy) is 1. The molecule has 0 bridgehead atoms. The van der Waals surface area contributed by atoms with Crippen LogP contribution in [0.4, 0.5) is 11.6 Å². The molecule has 5 heteroatoms. The van der Waals surface area contributed by atoms with Gasteiger partial charge in [-0.3, -0.25) is 0 Å². The summed E-state index contributed by atoms with van der Waals surface area (Å²) < 4.78 is 5.36. The van der Waals surface area contributed by atoms with E-state index in [-0.39, 0.29) is 5.92 Å². The molecule has 0 aliphatic rings. The Bertz CT molecular complexity index is 393. The lowest BCUT2D eigenvalue weighted by molar-refractivity contribution is 0.154. The molecular weight excluding hydrogens is 228 g/mol. The van der Waals surface area contributed by atoms with Crippen molar-refractivity contribution < 1.29 is 4.74 Å². The summed E-state index contributed by atoms with van der Waals surface area (Å²) in [6.07, 6.45) is 0. The molecule has 1 heterocycles. The zero-order valence-corrected chi connectivity index (χ0v) is 12.0. The van der Waals surface area contributed by atoms with Crippen LogP contribution in [-0.4, -0.2) is 36.8 Å². The van der Waals surface area contributed by atoms with E-state index in [0.717, 1.165) is 30.4 Å². The molecule has 2 N–H and O–H groups in total. The number of nitrogens with zero attached hydrogens (tertiary/aromatic N) is 3. The van der Waals surface area contributed by atoms with Crippen LogP contribution in [0.2, 0.25) is 0 Å². The molecule has 0 saturated carbocycles. The Morgan fingerprint density at radius 1 is 1.33 bits per heavy atom. The van der Waals surface area contributed by atoms with Crippen LogP contribution in [0.25, 0.3) is 0 Å². The summed E-state index contributed by atoms with van der Waals surface area (Å²) in [5, 5.41) is 0. The van der Waals surface area contributed by atoms with Gasteiger partial charge in [-0.15, -0.1) is 0 Å². The summed E-state index contributed by atoms with van der Waals surface area (Å²) in [6.45, 7) is 10.3. The van der Waals surface area contributed by atoms with Crippen LogP contribution >= 0.6 is 0 Å². The van der Waals surface area contributed by atoms with Gasteiger partial charge < -0.3 is 15.4 Å². The summed E-state index contributed by atoms with van der Waals surface area (Å²) in [6, 6.07) is 0. The first kappa shape index (κ1) is 14.7. The Labute approximate surface area is 109 Å². The average Bonchev–Trinajstić information content (AvgIpc) is 2.32. The quantitative estimate of drug-likeness (QED) is 0.784. The minimum absolute atomic E-state index is 0.270. The number of nitrogens with two attached hydrogens (primary N) is 1. The summed E-state index contributed by atoms with van der Waals surface area (Å²) in [5.74, 6) is 2.51. The van der Waals surface area contributed by atoms with Gasteiger partial charge in [0.2, 0.25) is 0 Å². The molecule has 0 fully saturated rings. The Hall–Kier alpha value is -1.36. The minimum atomic E-state index is 0.270. The lowest BCUT2D eigenvalue weighted by Gasteiger charge is -2.22. The zero-order chi connectivity index (χ0) is 13.7. The molecule has 0 atom stereocenters. The number of hydrogen-bond donors (Lipinski definition) is 1. The summed E-state index contributed by atoms with van der Waals surface area (Å²) in [4.78, 5) is 11.0. The molecule has 18 heavy (non-hydrogen) atoms. The van der Waals surface area contributed by atoms with Crippen LogP contribution in [0, 0.1) is 6.92 Å². The predicted molar refractivity (Wildman–Crippen MR) is 75.0 cm³/mol. The molecule has 0 saturated heterocycles. The van der Waals surface area contributed by atoms with Crippen LogP contribution < -0.4 is 10.6 Å². The second kappa shape index (κ2) is 6.54. The van der Waals surface area contributed by atoms with Crippen molar-refractivity contribution in [2.24, 2.45) is 0 Å². The molecule has 0 unspecified atom stereocenters. The highest BCUT2D eigenvalue weighted by atomic mass is 16.5. The fraction of sp³-hybridized carbons (Fsp3) is 0.692. The fourth-order valence-electron chi connectivity index (χ4n) is 1.62. The Kier molecular flexibility index (Phi) is 5.34. The van der Waals surface area contributed by atoms with Crippen molar-refractivity contribution in [2.75, 3.05) is 37.4 Å². The molecule has 0 amide bonds. The van der Waals surface area contributed by atoms with E-state index in [4.69, 9.17) is 10.5 Å². The number of aromatic nitrogens is 2. The third-order valence-electron chi connectivity index (χ3n) is 2.83. The van der Waals surface area contributed by atoms with Crippen LogP contribution in [0.15, 0.2) is 0 Å². The molecule has 0 aromatic carbocycles. The number of anilines is 2. The fourth-order valence-corrected chi connectivity index (χ4v) is 1.62. The normalized spacial score (nSPS) is 11.0. The molecule has 0 radical (unpaired) electrons. The summed E-state index contributed by atoms with van der Waals surface area (Å²) >= 11 is 0. The van der Waals surface area contributed by atoms with Crippen LogP contribution in [0.1, 0.15) is 38.1 Å². The molecule has 1 aromatic rings. The van der Waals surface area contributed by atoms with Gasteiger partial charge in [0.05, 0.1) is 6.61 Å². The summed E-state index contributed by atoms with van der Waals surface area (Å²) in [7, 11) is 2.00. The predicted octanol–water partition coefficient (Wildman–Crippen LogP) is 1.96. The lowest BCUT2D eigenvalue weighted by atomic mass is 10.2. The highest BCUT2D eigenvalue weighted by molar-refractivity contribution is 5.56. The van der Waals surface area contributed by atoms with E-state index in [9.17, 15) is 0 Å². The van der Waals surface area contributed by atoms with Gasteiger partial charge in [0.15, 0.2) is 0 Å². The van der Waals surface area contributed by atoms with Crippen LogP contribution in [0.3, 0.4) is 0 Å². The summed E-state index contributed by atoms with van der Waals surface area (Å²) in [5.41, 5.74) is 6.87. The smallest absolute Gasteiger partial charge is 0.137 e. The molecular formula is C13H24N4O. The zero-order valence-electron chi connectivity index (χ0n) is 12.0. The van der Waals surface area contributed by atoms with Crippen molar-refractivity contribution in [2.45, 2.75) is 33.6 Å². The van der Waals surface area contributed by atoms with Crippen molar-refractivity contribution >= 4 is 11.6 Å².